The molecule has 0 aliphatic heterocycles. The van der Waals surface area contributed by atoms with Crippen LogP contribution in [0.4, 0.5) is 0 Å². The van der Waals surface area contributed by atoms with Gasteiger partial charge in [-0.2, -0.15) is 0 Å². The standard InChI is InChI=1S/C10H14ClN3O2S/c1-3-6(15)4-12-9(16)8-7(11)5-13-10(14-8)17-2/h5-6,15H,3-4H2,1-2H3,(H,12,16). The lowest BCUT2D eigenvalue weighted by Gasteiger charge is -2.09. The van der Waals surface area contributed by atoms with Crippen LogP contribution in [0.3, 0.4) is 0 Å². The lowest BCUT2D eigenvalue weighted by Crippen LogP contribution is -2.32. The highest BCUT2D eigenvalue weighted by molar-refractivity contribution is 7.98. The van der Waals surface area contributed by atoms with Crippen molar-refractivity contribution in [2.24, 2.45) is 0 Å². The van der Waals surface area contributed by atoms with Gasteiger partial charge in [-0.1, -0.05) is 30.3 Å². The fourth-order valence-corrected chi connectivity index (χ4v) is 1.56. The lowest BCUT2D eigenvalue weighted by atomic mass is 10.3. The number of halogens is 1. The highest BCUT2D eigenvalue weighted by Crippen LogP contribution is 2.16. The molecule has 5 nitrogen and oxygen atoms in total. The number of nitrogens with one attached hydrogen (secondary N) is 1. The molecule has 1 atom stereocenters. The molecule has 7 heteroatoms. The Balaban J connectivity index is 2.74. The van der Waals surface area contributed by atoms with Crippen molar-refractivity contribution in [2.45, 2.75) is 24.6 Å². The summed E-state index contributed by atoms with van der Waals surface area (Å²) in [6.07, 6.45) is 3.23. The quantitative estimate of drug-likeness (QED) is 0.627. The predicted octanol–water partition coefficient (Wildman–Crippen LogP) is 1.35. The van der Waals surface area contributed by atoms with Crippen molar-refractivity contribution in [1.29, 1.82) is 0 Å². The molecule has 17 heavy (non-hydrogen) atoms. The van der Waals surface area contributed by atoms with E-state index in [9.17, 15) is 9.90 Å². The van der Waals surface area contributed by atoms with Crippen LogP contribution >= 0.6 is 23.4 Å². The molecule has 1 rings (SSSR count). The Kier molecular flexibility index (Phi) is 5.67. The first-order valence-corrected chi connectivity index (χ1v) is 6.71. The first-order valence-electron chi connectivity index (χ1n) is 5.11. The summed E-state index contributed by atoms with van der Waals surface area (Å²) in [5.41, 5.74) is 0.134. The summed E-state index contributed by atoms with van der Waals surface area (Å²) in [5, 5.41) is 12.6. The van der Waals surface area contributed by atoms with Crippen LogP contribution in [-0.2, 0) is 0 Å². The first-order chi connectivity index (χ1) is 8.08. The number of carbonyl (C=O) groups is 1. The number of aliphatic hydroxyl groups is 1. The molecule has 1 aromatic heterocycles. The summed E-state index contributed by atoms with van der Waals surface area (Å²) in [6, 6.07) is 0. The van der Waals surface area contributed by atoms with Gasteiger partial charge in [-0.3, -0.25) is 4.79 Å². The summed E-state index contributed by atoms with van der Waals surface area (Å²) in [4.78, 5) is 19.7. The number of nitrogens with zero attached hydrogens (tertiary/aromatic N) is 2. The Bertz CT molecular complexity index is 403. The summed E-state index contributed by atoms with van der Waals surface area (Å²) >= 11 is 7.17. The van der Waals surface area contributed by atoms with Gasteiger partial charge in [0, 0.05) is 6.54 Å². The first kappa shape index (κ1) is 14.2. The number of aromatic nitrogens is 2. The van der Waals surface area contributed by atoms with Gasteiger partial charge in [0.2, 0.25) is 0 Å². The second kappa shape index (κ2) is 6.78. The zero-order valence-electron chi connectivity index (χ0n) is 9.61. The number of thioether (sulfide) groups is 1. The van der Waals surface area contributed by atoms with Crippen LogP contribution in [0.1, 0.15) is 23.8 Å². The third-order valence-electron chi connectivity index (χ3n) is 2.09. The molecule has 1 heterocycles. The van der Waals surface area contributed by atoms with Gasteiger partial charge in [0.25, 0.3) is 5.91 Å². The van der Waals surface area contributed by atoms with E-state index in [0.717, 1.165) is 0 Å². The minimum absolute atomic E-state index is 0.134. The Morgan fingerprint density at radius 2 is 2.41 bits per heavy atom. The molecular formula is C10H14ClN3O2S. The van der Waals surface area contributed by atoms with Crippen LogP contribution in [0, 0.1) is 0 Å². The van der Waals surface area contributed by atoms with E-state index < -0.39 is 12.0 Å². The van der Waals surface area contributed by atoms with Crippen molar-refractivity contribution in [1.82, 2.24) is 15.3 Å². The van der Waals surface area contributed by atoms with Crippen molar-refractivity contribution in [3.8, 4) is 0 Å². The van der Waals surface area contributed by atoms with Crippen molar-refractivity contribution >= 4 is 29.3 Å². The maximum absolute atomic E-state index is 11.7. The van der Waals surface area contributed by atoms with Crippen LogP contribution in [0.15, 0.2) is 11.4 Å². The van der Waals surface area contributed by atoms with Crippen molar-refractivity contribution in [3.05, 3.63) is 16.9 Å². The summed E-state index contributed by atoms with van der Waals surface area (Å²) < 4.78 is 0. The molecule has 0 aliphatic rings. The second-order valence-corrected chi connectivity index (χ2v) is 4.51. The van der Waals surface area contributed by atoms with Gasteiger partial charge >= 0.3 is 0 Å². The Morgan fingerprint density at radius 3 is 3.00 bits per heavy atom. The molecule has 0 aromatic carbocycles. The zero-order chi connectivity index (χ0) is 12.8. The molecule has 1 unspecified atom stereocenters. The Labute approximate surface area is 109 Å². The van der Waals surface area contributed by atoms with E-state index in [2.05, 4.69) is 15.3 Å². The van der Waals surface area contributed by atoms with Crippen LogP contribution in [0.25, 0.3) is 0 Å². The van der Waals surface area contributed by atoms with Gasteiger partial charge in [-0.15, -0.1) is 0 Å². The third-order valence-corrected chi connectivity index (χ3v) is 2.93. The van der Waals surface area contributed by atoms with Crippen molar-refractivity contribution in [2.75, 3.05) is 12.8 Å². The van der Waals surface area contributed by atoms with E-state index in [1.165, 1.54) is 18.0 Å². The van der Waals surface area contributed by atoms with Gasteiger partial charge in [0.1, 0.15) is 0 Å². The molecule has 1 amide bonds. The molecule has 0 saturated carbocycles. The molecule has 0 radical (unpaired) electrons. The average Bonchev–Trinajstić information content (AvgIpc) is 2.36. The lowest BCUT2D eigenvalue weighted by molar-refractivity contribution is 0.0908. The maximum atomic E-state index is 11.7. The highest BCUT2D eigenvalue weighted by atomic mass is 35.5. The van der Waals surface area contributed by atoms with E-state index in [1.54, 1.807) is 0 Å². The average molecular weight is 276 g/mol. The van der Waals surface area contributed by atoms with Crippen LogP contribution in [0.2, 0.25) is 5.02 Å². The van der Waals surface area contributed by atoms with Gasteiger partial charge < -0.3 is 10.4 Å². The fourth-order valence-electron chi connectivity index (χ4n) is 1.05. The van der Waals surface area contributed by atoms with Gasteiger partial charge in [0.05, 0.1) is 17.3 Å². The number of hydrogen-bond donors (Lipinski definition) is 2. The SMILES string of the molecule is CCC(O)CNC(=O)c1nc(SC)ncc1Cl. The normalized spacial score (nSPS) is 12.2. The minimum Gasteiger partial charge on any atom is -0.391 e. The maximum Gasteiger partial charge on any atom is 0.271 e. The molecular weight excluding hydrogens is 262 g/mol. The summed E-state index contributed by atoms with van der Waals surface area (Å²) in [5.74, 6) is -0.403. The second-order valence-electron chi connectivity index (χ2n) is 3.33. The molecule has 1 aromatic rings. The van der Waals surface area contributed by atoms with E-state index >= 15 is 0 Å². The number of aliphatic hydroxyl groups excluding tert-OH is 1. The van der Waals surface area contributed by atoms with Crippen molar-refractivity contribution < 1.29 is 9.90 Å². The molecule has 0 spiro atoms. The largest absolute Gasteiger partial charge is 0.391 e. The molecule has 0 saturated heterocycles. The molecule has 94 valence electrons. The van der Waals surface area contributed by atoms with Gasteiger partial charge in [0.15, 0.2) is 10.9 Å². The van der Waals surface area contributed by atoms with Crippen LogP contribution < -0.4 is 5.32 Å². The van der Waals surface area contributed by atoms with Gasteiger partial charge in [-0.25, -0.2) is 9.97 Å². The summed E-state index contributed by atoms with van der Waals surface area (Å²) in [6.45, 7) is 2.02. The molecule has 2 N–H and O–H groups in total. The number of carbonyl (C=O) groups excluding carboxylic acids is 1. The van der Waals surface area contributed by atoms with Crippen LogP contribution in [0.5, 0.6) is 0 Å². The van der Waals surface area contributed by atoms with Crippen molar-refractivity contribution in [3.63, 3.8) is 0 Å². The van der Waals surface area contributed by atoms with Gasteiger partial charge in [-0.05, 0) is 12.7 Å². The smallest absolute Gasteiger partial charge is 0.271 e. The topological polar surface area (TPSA) is 75.1 Å². The van der Waals surface area contributed by atoms with E-state index in [-0.39, 0.29) is 17.3 Å². The number of amides is 1. The van der Waals surface area contributed by atoms with Crippen LogP contribution in [-0.4, -0.2) is 39.9 Å². The minimum atomic E-state index is -0.556. The Morgan fingerprint density at radius 1 is 1.71 bits per heavy atom. The van der Waals surface area contributed by atoms with E-state index in [0.29, 0.717) is 11.6 Å². The molecule has 0 bridgehead atoms. The monoisotopic (exact) mass is 275 g/mol. The molecule has 0 aliphatic carbocycles. The number of rotatable bonds is 5. The van der Waals surface area contributed by atoms with E-state index in [4.69, 9.17) is 11.6 Å². The van der Waals surface area contributed by atoms with E-state index in [1.807, 2.05) is 13.2 Å². The number of hydrogen-bond acceptors (Lipinski definition) is 5. The zero-order valence-corrected chi connectivity index (χ0v) is 11.2. The highest BCUT2D eigenvalue weighted by Gasteiger charge is 2.14. The fraction of sp³-hybridized carbons (Fsp3) is 0.500. The summed E-state index contributed by atoms with van der Waals surface area (Å²) in [7, 11) is 0. The molecule has 0 fully saturated rings. The Hall–Kier alpha value is -0.850. The third kappa shape index (κ3) is 4.14. The predicted molar refractivity (Wildman–Crippen MR) is 67.5 cm³/mol.